The zero-order chi connectivity index (χ0) is 15.9. The van der Waals surface area contributed by atoms with E-state index in [0.29, 0.717) is 13.1 Å². The minimum Gasteiger partial charge on any atom is -0.330 e. The lowest BCUT2D eigenvalue weighted by atomic mass is 10.2. The summed E-state index contributed by atoms with van der Waals surface area (Å²) in [5.41, 5.74) is 25.0. The molecule has 2 aromatic rings. The number of hydrogen-bond donors (Lipinski definition) is 4. The van der Waals surface area contributed by atoms with Crippen molar-refractivity contribution in [3.05, 3.63) is 20.8 Å². The fraction of sp³-hybridized carbons (Fsp3) is 0.571. The molecule has 0 saturated heterocycles. The summed E-state index contributed by atoms with van der Waals surface area (Å²) in [6, 6.07) is -0.0977. The van der Waals surface area contributed by atoms with E-state index in [2.05, 4.69) is 9.97 Å². The van der Waals surface area contributed by atoms with Crippen molar-refractivity contribution in [1.29, 1.82) is 0 Å². The lowest BCUT2D eigenvalue weighted by Gasteiger charge is -2.06. The van der Waals surface area contributed by atoms with Crippen LogP contribution in [0.2, 0.25) is 0 Å². The van der Waals surface area contributed by atoms with Gasteiger partial charge in [0.15, 0.2) is 0 Å². The van der Waals surface area contributed by atoms with Crippen molar-refractivity contribution in [3.8, 4) is 11.4 Å². The van der Waals surface area contributed by atoms with Gasteiger partial charge in [-0.15, -0.1) is 22.7 Å². The monoisotopic (exact) mass is 340 g/mol. The van der Waals surface area contributed by atoms with Gasteiger partial charge in [0.05, 0.1) is 12.1 Å². The molecule has 0 fully saturated rings. The number of nitrogens with two attached hydrogens (primary N) is 4. The number of aromatic nitrogens is 2. The first-order valence-electron chi connectivity index (χ1n) is 7.48. The number of hydrogen-bond acceptors (Lipinski definition) is 8. The van der Waals surface area contributed by atoms with Crippen molar-refractivity contribution >= 4 is 22.7 Å². The van der Waals surface area contributed by atoms with Crippen LogP contribution in [-0.4, -0.2) is 23.1 Å². The third-order valence-electron chi connectivity index (χ3n) is 3.38. The number of thiazole rings is 2. The highest BCUT2D eigenvalue weighted by Gasteiger charge is 2.15. The molecule has 2 unspecified atom stereocenters. The van der Waals surface area contributed by atoms with E-state index < -0.39 is 0 Å². The van der Waals surface area contributed by atoms with Crippen LogP contribution in [0.1, 0.15) is 47.8 Å². The molecule has 0 bridgehead atoms. The van der Waals surface area contributed by atoms with Gasteiger partial charge in [-0.1, -0.05) is 0 Å². The van der Waals surface area contributed by atoms with Gasteiger partial charge in [0.25, 0.3) is 0 Å². The minimum atomic E-state index is -0.0489. The Kier molecular flexibility index (Phi) is 6.87. The molecule has 0 aromatic carbocycles. The molecule has 22 heavy (non-hydrogen) atoms. The second kappa shape index (κ2) is 8.66. The molecule has 6 nitrogen and oxygen atoms in total. The molecule has 2 rings (SSSR count). The van der Waals surface area contributed by atoms with Crippen LogP contribution >= 0.6 is 22.7 Å². The second-order valence-corrected chi connectivity index (χ2v) is 7.00. The molecule has 2 atom stereocenters. The Labute approximate surface area is 138 Å². The van der Waals surface area contributed by atoms with E-state index in [1.807, 2.05) is 10.8 Å². The molecule has 0 spiro atoms. The van der Waals surface area contributed by atoms with Gasteiger partial charge in [-0.25, -0.2) is 9.97 Å². The van der Waals surface area contributed by atoms with Gasteiger partial charge >= 0.3 is 0 Å². The zero-order valence-electron chi connectivity index (χ0n) is 12.6. The Bertz CT molecular complexity index is 517. The maximum Gasteiger partial charge on any atom is 0.110 e. The number of rotatable bonds is 9. The highest BCUT2D eigenvalue weighted by Crippen LogP contribution is 2.29. The summed E-state index contributed by atoms with van der Waals surface area (Å²) in [4.78, 5) is 9.21. The third kappa shape index (κ3) is 4.55. The van der Waals surface area contributed by atoms with Crippen molar-refractivity contribution < 1.29 is 0 Å². The summed E-state index contributed by atoms with van der Waals surface area (Å²) in [5, 5.41) is 5.87. The van der Waals surface area contributed by atoms with E-state index in [4.69, 9.17) is 22.9 Å². The summed E-state index contributed by atoms with van der Waals surface area (Å²) >= 11 is 3.15. The Morgan fingerprint density at radius 3 is 1.59 bits per heavy atom. The van der Waals surface area contributed by atoms with Crippen LogP contribution in [0, 0.1) is 0 Å². The Hall–Kier alpha value is -0.900. The molecule has 8 N–H and O–H groups in total. The standard InChI is InChI=1S/C14H24N6S2/c15-5-1-3-9(17)13-19-11(7-21-13)12-8-22-14(20-12)10(18)4-2-6-16/h7-10H,1-6,15-18H2. The Morgan fingerprint density at radius 1 is 0.818 bits per heavy atom. The molecule has 0 aliphatic rings. The predicted molar refractivity (Wildman–Crippen MR) is 93.7 cm³/mol. The molecule has 0 aliphatic carbocycles. The normalized spacial score (nSPS) is 14.2. The second-order valence-electron chi connectivity index (χ2n) is 5.22. The van der Waals surface area contributed by atoms with Crippen molar-refractivity contribution in [2.45, 2.75) is 37.8 Å². The van der Waals surface area contributed by atoms with Crippen LogP contribution in [0.4, 0.5) is 0 Å². The third-order valence-corrected chi connectivity index (χ3v) is 5.33. The lowest BCUT2D eigenvalue weighted by Crippen LogP contribution is -2.12. The van der Waals surface area contributed by atoms with Gasteiger partial charge in [0.2, 0.25) is 0 Å². The summed E-state index contributed by atoms with van der Waals surface area (Å²) in [6.45, 7) is 1.31. The van der Waals surface area contributed by atoms with Gasteiger partial charge in [-0.2, -0.15) is 0 Å². The molecular formula is C14H24N6S2. The topological polar surface area (TPSA) is 130 Å². The van der Waals surface area contributed by atoms with Gasteiger partial charge in [0, 0.05) is 10.8 Å². The highest BCUT2D eigenvalue weighted by molar-refractivity contribution is 7.10. The fourth-order valence-electron chi connectivity index (χ4n) is 2.07. The summed E-state index contributed by atoms with van der Waals surface area (Å²) in [7, 11) is 0. The van der Waals surface area contributed by atoms with Crippen LogP contribution in [0.5, 0.6) is 0 Å². The molecule has 0 amide bonds. The van der Waals surface area contributed by atoms with E-state index in [0.717, 1.165) is 47.1 Å². The zero-order valence-corrected chi connectivity index (χ0v) is 14.2. The quantitative estimate of drug-likeness (QED) is 0.550. The predicted octanol–water partition coefficient (Wildman–Crippen LogP) is 1.74. The Balaban J connectivity index is 2.03. The molecule has 0 saturated carbocycles. The summed E-state index contributed by atoms with van der Waals surface area (Å²) in [5.74, 6) is 0. The number of nitrogens with zero attached hydrogens (tertiary/aromatic N) is 2. The lowest BCUT2D eigenvalue weighted by molar-refractivity contribution is 0.613. The SMILES string of the molecule is NCCCC(N)c1nc(-c2csc(C(N)CCCN)n2)cs1. The van der Waals surface area contributed by atoms with Crippen molar-refractivity contribution in [2.75, 3.05) is 13.1 Å². The smallest absolute Gasteiger partial charge is 0.110 e. The van der Waals surface area contributed by atoms with Gasteiger partial charge in [-0.05, 0) is 38.8 Å². The van der Waals surface area contributed by atoms with E-state index in [1.54, 1.807) is 22.7 Å². The summed E-state index contributed by atoms with van der Waals surface area (Å²) in [6.07, 6.45) is 3.53. The molecule has 2 heterocycles. The van der Waals surface area contributed by atoms with Crippen LogP contribution in [-0.2, 0) is 0 Å². The van der Waals surface area contributed by atoms with E-state index in [1.165, 1.54) is 0 Å². The van der Waals surface area contributed by atoms with Crippen LogP contribution < -0.4 is 22.9 Å². The fourth-order valence-corrected chi connectivity index (χ4v) is 3.77. The van der Waals surface area contributed by atoms with Crippen LogP contribution in [0.3, 0.4) is 0 Å². The molecule has 2 aromatic heterocycles. The molecule has 122 valence electrons. The first-order valence-corrected chi connectivity index (χ1v) is 9.24. The van der Waals surface area contributed by atoms with Crippen LogP contribution in [0.25, 0.3) is 11.4 Å². The van der Waals surface area contributed by atoms with Crippen molar-refractivity contribution in [3.63, 3.8) is 0 Å². The van der Waals surface area contributed by atoms with E-state index >= 15 is 0 Å². The molecular weight excluding hydrogens is 316 g/mol. The summed E-state index contributed by atoms with van der Waals surface area (Å²) < 4.78 is 0. The maximum atomic E-state index is 6.12. The molecule has 8 heteroatoms. The van der Waals surface area contributed by atoms with Crippen LogP contribution in [0.15, 0.2) is 10.8 Å². The molecule has 0 aliphatic heterocycles. The van der Waals surface area contributed by atoms with Gasteiger partial charge < -0.3 is 22.9 Å². The van der Waals surface area contributed by atoms with Gasteiger partial charge in [-0.3, -0.25) is 0 Å². The van der Waals surface area contributed by atoms with E-state index in [9.17, 15) is 0 Å². The minimum absolute atomic E-state index is 0.0489. The maximum absolute atomic E-state index is 6.12. The van der Waals surface area contributed by atoms with E-state index in [-0.39, 0.29) is 12.1 Å². The first kappa shape index (κ1) is 17.5. The highest BCUT2D eigenvalue weighted by atomic mass is 32.1. The largest absolute Gasteiger partial charge is 0.330 e. The van der Waals surface area contributed by atoms with Gasteiger partial charge in [0.1, 0.15) is 21.4 Å². The average molecular weight is 341 g/mol. The first-order chi connectivity index (χ1) is 10.7. The van der Waals surface area contributed by atoms with Crippen molar-refractivity contribution in [2.24, 2.45) is 22.9 Å². The van der Waals surface area contributed by atoms with Crippen molar-refractivity contribution in [1.82, 2.24) is 9.97 Å². The average Bonchev–Trinajstić information content (AvgIpc) is 3.18. The molecule has 0 radical (unpaired) electrons. The Morgan fingerprint density at radius 2 is 1.23 bits per heavy atom.